The van der Waals surface area contributed by atoms with E-state index in [9.17, 15) is 0 Å². The molecule has 0 aromatic carbocycles. The van der Waals surface area contributed by atoms with Crippen molar-refractivity contribution in [2.45, 2.75) is 39.7 Å². The van der Waals surface area contributed by atoms with E-state index < -0.39 is 0 Å². The van der Waals surface area contributed by atoms with Crippen LogP contribution in [0.2, 0.25) is 0 Å². The molecule has 3 aromatic heterocycles. The van der Waals surface area contributed by atoms with Crippen LogP contribution in [0.1, 0.15) is 30.8 Å². The minimum atomic E-state index is 0.258. The van der Waals surface area contributed by atoms with Crippen LogP contribution in [0.15, 0.2) is 36.7 Å². The Labute approximate surface area is 130 Å². The van der Waals surface area contributed by atoms with Crippen LogP contribution in [-0.4, -0.2) is 25.6 Å². The average molecular weight is 295 g/mol. The van der Waals surface area contributed by atoms with Gasteiger partial charge in [0.05, 0.1) is 6.20 Å². The van der Waals surface area contributed by atoms with Gasteiger partial charge in [-0.05, 0) is 31.9 Å². The van der Waals surface area contributed by atoms with Crippen LogP contribution in [0.5, 0.6) is 0 Å². The van der Waals surface area contributed by atoms with Gasteiger partial charge in [-0.25, -0.2) is 4.98 Å². The predicted molar refractivity (Wildman–Crippen MR) is 88.1 cm³/mol. The molecule has 0 fully saturated rings. The molecule has 0 aliphatic heterocycles. The third kappa shape index (κ3) is 2.93. The first-order valence-corrected chi connectivity index (χ1v) is 7.68. The number of aromatic nitrogens is 4. The van der Waals surface area contributed by atoms with Crippen LogP contribution in [0.3, 0.4) is 0 Å². The number of fused-ring (bicyclic) bond motifs is 1. The second-order valence-electron chi connectivity index (χ2n) is 5.60. The molecule has 5 nitrogen and oxygen atoms in total. The van der Waals surface area contributed by atoms with Gasteiger partial charge in [-0.15, -0.1) is 0 Å². The zero-order chi connectivity index (χ0) is 15.5. The van der Waals surface area contributed by atoms with Crippen molar-refractivity contribution >= 4 is 11.5 Å². The highest BCUT2D eigenvalue weighted by molar-refractivity contribution is 5.49. The molecular formula is C17H21N5. The molecule has 0 spiro atoms. The third-order valence-electron chi connectivity index (χ3n) is 3.79. The number of hydrogen-bond acceptors (Lipinski definition) is 4. The van der Waals surface area contributed by atoms with Crippen molar-refractivity contribution in [3.8, 4) is 0 Å². The predicted octanol–water partition coefficient (Wildman–Crippen LogP) is 3.04. The molecule has 1 atom stereocenters. The Balaban J connectivity index is 1.83. The Morgan fingerprint density at radius 1 is 1.27 bits per heavy atom. The highest BCUT2D eigenvalue weighted by Gasteiger charge is 2.11. The fourth-order valence-electron chi connectivity index (χ4n) is 2.57. The van der Waals surface area contributed by atoms with Gasteiger partial charge in [-0.2, -0.15) is 9.61 Å². The minimum absolute atomic E-state index is 0.258. The summed E-state index contributed by atoms with van der Waals surface area (Å²) in [5.74, 6) is 0.980. The van der Waals surface area contributed by atoms with Crippen molar-refractivity contribution in [3.05, 3.63) is 53.6 Å². The summed E-state index contributed by atoms with van der Waals surface area (Å²) in [6, 6.07) is 8.33. The minimum Gasteiger partial charge on any atom is -0.367 e. The summed E-state index contributed by atoms with van der Waals surface area (Å²) in [6.45, 7) is 6.37. The van der Waals surface area contributed by atoms with Crippen LogP contribution < -0.4 is 5.32 Å². The Hall–Kier alpha value is -2.43. The summed E-state index contributed by atoms with van der Waals surface area (Å²) in [4.78, 5) is 9.04. The van der Waals surface area contributed by atoms with Gasteiger partial charge < -0.3 is 5.32 Å². The molecule has 1 N–H and O–H groups in total. The van der Waals surface area contributed by atoms with E-state index in [1.807, 2.05) is 22.8 Å². The molecule has 114 valence electrons. The van der Waals surface area contributed by atoms with Gasteiger partial charge in [0.1, 0.15) is 5.82 Å². The van der Waals surface area contributed by atoms with Crippen molar-refractivity contribution in [3.63, 3.8) is 0 Å². The molecule has 5 heteroatoms. The lowest BCUT2D eigenvalue weighted by Gasteiger charge is -2.17. The van der Waals surface area contributed by atoms with Crippen LogP contribution in [0.25, 0.3) is 5.65 Å². The average Bonchev–Trinajstić information content (AvgIpc) is 2.98. The van der Waals surface area contributed by atoms with Gasteiger partial charge in [-0.3, -0.25) is 4.98 Å². The fourth-order valence-corrected chi connectivity index (χ4v) is 2.57. The Morgan fingerprint density at radius 3 is 2.91 bits per heavy atom. The van der Waals surface area contributed by atoms with E-state index >= 15 is 0 Å². The molecular weight excluding hydrogens is 274 g/mol. The van der Waals surface area contributed by atoms with Crippen molar-refractivity contribution in [1.82, 2.24) is 19.6 Å². The summed E-state index contributed by atoms with van der Waals surface area (Å²) in [6.07, 6.45) is 5.41. The molecule has 0 radical (unpaired) electrons. The van der Waals surface area contributed by atoms with Crippen molar-refractivity contribution in [2.24, 2.45) is 0 Å². The van der Waals surface area contributed by atoms with E-state index in [2.05, 4.69) is 53.3 Å². The summed E-state index contributed by atoms with van der Waals surface area (Å²) >= 11 is 0. The molecule has 3 rings (SSSR count). The maximum atomic E-state index is 4.57. The fraction of sp³-hybridized carbons (Fsp3) is 0.353. The first-order chi connectivity index (χ1) is 10.7. The van der Waals surface area contributed by atoms with Gasteiger partial charge >= 0.3 is 0 Å². The van der Waals surface area contributed by atoms with E-state index in [0.29, 0.717) is 0 Å². The normalized spacial score (nSPS) is 12.5. The van der Waals surface area contributed by atoms with Gasteiger partial charge in [0, 0.05) is 42.2 Å². The summed E-state index contributed by atoms with van der Waals surface area (Å²) in [5.41, 5.74) is 4.30. The van der Waals surface area contributed by atoms with E-state index in [-0.39, 0.29) is 6.04 Å². The van der Waals surface area contributed by atoms with Gasteiger partial charge in [0.2, 0.25) is 0 Å². The van der Waals surface area contributed by atoms with Crippen molar-refractivity contribution in [2.75, 3.05) is 5.32 Å². The van der Waals surface area contributed by atoms with Crippen molar-refractivity contribution < 1.29 is 0 Å². The molecule has 0 aliphatic rings. The van der Waals surface area contributed by atoms with Crippen LogP contribution in [-0.2, 0) is 12.8 Å². The summed E-state index contributed by atoms with van der Waals surface area (Å²) in [7, 11) is 0. The summed E-state index contributed by atoms with van der Waals surface area (Å²) in [5, 5.41) is 7.89. The van der Waals surface area contributed by atoms with Gasteiger partial charge in [0.15, 0.2) is 5.65 Å². The van der Waals surface area contributed by atoms with Crippen LogP contribution >= 0.6 is 0 Å². The number of rotatable bonds is 5. The van der Waals surface area contributed by atoms with Gasteiger partial charge in [-0.1, -0.05) is 13.0 Å². The lowest BCUT2D eigenvalue weighted by Crippen LogP contribution is -2.21. The Bertz CT molecular complexity index is 778. The number of nitrogens with one attached hydrogen (secondary N) is 1. The number of pyridine rings is 1. The second kappa shape index (κ2) is 6.13. The maximum absolute atomic E-state index is 4.57. The first kappa shape index (κ1) is 14.5. The highest BCUT2D eigenvalue weighted by Crippen LogP contribution is 2.15. The highest BCUT2D eigenvalue weighted by atomic mass is 15.3. The molecule has 3 heterocycles. The molecule has 0 saturated carbocycles. The molecule has 0 saturated heterocycles. The largest absolute Gasteiger partial charge is 0.367 e. The first-order valence-electron chi connectivity index (χ1n) is 7.68. The molecule has 22 heavy (non-hydrogen) atoms. The third-order valence-corrected chi connectivity index (χ3v) is 3.79. The number of nitrogens with zero attached hydrogens (tertiary/aromatic N) is 4. The van der Waals surface area contributed by atoms with E-state index in [0.717, 1.165) is 35.7 Å². The second-order valence-corrected chi connectivity index (χ2v) is 5.60. The topological polar surface area (TPSA) is 55.1 Å². The van der Waals surface area contributed by atoms with Crippen LogP contribution in [0.4, 0.5) is 5.82 Å². The van der Waals surface area contributed by atoms with Crippen LogP contribution in [0, 0.1) is 6.92 Å². The quantitative estimate of drug-likeness (QED) is 0.786. The standard InChI is InChI=1S/C17H21N5/c1-4-14-11-17(22-16(21-14)7-9-19-22)20-13(3)10-15-12(2)6-5-8-18-15/h5-9,11,13,20H,4,10H2,1-3H3/t13-/m1/s1. The molecule has 0 bridgehead atoms. The zero-order valence-electron chi connectivity index (χ0n) is 13.2. The monoisotopic (exact) mass is 295 g/mol. The van der Waals surface area contributed by atoms with Gasteiger partial charge in [0.25, 0.3) is 0 Å². The number of hydrogen-bond donors (Lipinski definition) is 1. The van der Waals surface area contributed by atoms with E-state index in [4.69, 9.17) is 0 Å². The Kier molecular flexibility index (Phi) is 4.04. The lowest BCUT2D eigenvalue weighted by atomic mass is 10.1. The number of aryl methyl sites for hydroxylation is 2. The SMILES string of the molecule is CCc1cc(N[C@H](C)Cc2ncccc2C)n2nccc2n1. The zero-order valence-corrected chi connectivity index (χ0v) is 13.2. The molecule has 0 unspecified atom stereocenters. The molecule has 0 amide bonds. The maximum Gasteiger partial charge on any atom is 0.157 e. The van der Waals surface area contributed by atoms with E-state index in [1.165, 1.54) is 5.56 Å². The Morgan fingerprint density at radius 2 is 2.14 bits per heavy atom. The lowest BCUT2D eigenvalue weighted by molar-refractivity contribution is 0.748. The van der Waals surface area contributed by atoms with E-state index in [1.54, 1.807) is 6.20 Å². The van der Waals surface area contributed by atoms with Crippen molar-refractivity contribution in [1.29, 1.82) is 0 Å². The number of anilines is 1. The molecule has 3 aromatic rings. The summed E-state index contributed by atoms with van der Waals surface area (Å²) < 4.78 is 1.85. The molecule has 0 aliphatic carbocycles. The smallest absolute Gasteiger partial charge is 0.157 e.